The highest BCUT2D eigenvalue weighted by molar-refractivity contribution is 5.42. The minimum Gasteiger partial charge on any atom is -0.456 e. The van der Waals surface area contributed by atoms with Gasteiger partial charge >= 0.3 is 0 Å². The first-order chi connectivity index (χ1) is 12.3. The normalized spacial score (nSPS) is 19.3. The number of hydrogen-bond acceptors (Lipinski definition) is 4. The highest BCUT2D eigenvalue weighted by Gasteiger charge is 2.26. The summed E-state index contributed by atoms with van der Waals surface area (Å²) in [5.41, 5.74) is 0. The zero-order valence-corrected chi connectivity index (χ0v) is 14.4. The van der Waals surface area contributed by atoms with Gasteiger partial charge in [-0.3, -0.25) is 4.90 Å². The molecule has 1 saturated carbocycles. The van der Waals surface area contributed by atoms with Crippen molar-refractivity contribution in [3.8, 4) is 11.5 Å². The van der Waals surface area contributed by atoms with E-state index in [1.54, 1.807) is 18.3 Å². The molecule has 0 spiro atoms. The summed E-state index contributed by atoms with van der Waals surface area (Å²) >= 11 is 0. The molecule has 5 heteroatoms. The molecule has 4 nitrogen and oxygen atoms in total. The maximum atomic E-state index is 13.2. The van der Waals surface area contributed by atoms with Crippen LogP contribution >= 0.6 is 0 Å². The van der Waals surface area contributed by atoms with Crippen LogP contribution in [0.25, 0.3) is 0 Å². The van der Waals surface area contributed by atoms with Crippen LogP contribution in [0.5, 0.6) is 11.5 Å². The summed E-state index contributed by atoms with van der Waals surface area (Å²) < 4.78 is 18.9. The van der Waals surface area contributed by atoms with Gasteiger partial charge in [0.2, 0.25) is 0 Å². The van der Waals surface area contributed by atoms with Crippen LogP contribution in [0.2, 0.25) is 0 Å². The van der Waals surface area contributed by atoms with Crippen LogP contribution in [0.4, 0.5) is 10.2 Å². The highest BCUT2D eigenvalue weighted by atomic mass is 19.1. The van der Waals surface area contributed by atoms with Crippen molar-refractivity contribution in [2.24, 2.45) is 0 Å². The standard InChI is InChI=1S/C20H24FN3O/c21-16-4-1-7-18(14-16)25-19-8-9-20(22-15-19)24-11-3-10-23(12-13-24)17-5-2-6-17/h1,4,7-9,14-15,17H,2-3,5-6,10-13H2. The molecule has 2 heterocycles. The third-order valence-electron chi connectivity index (χ3n) is 5.20. The van der Waals surface area contributed by atoms with Crippen LogP contribution in [-0.4, -0.2) is 42.1 Å². The maximum Gasteiger partial charge on any atom is 0.145 e. The number of hydrogen-bond donors (Lipinski definition) is 0. The number of pyridine rings is 1. The Morgan fingerprint density at radius 3 is 2.60 bits per heavy atom. The SMILES string of the molecule is Fc1cccc(Oc2ccc(N3CCCN(C4CCC4)CC3)nc2)c1. The average Bonchev–Trinajstić information content (AvgIpc) is 2.80. The topological polar surface area (TPSA) is 28.6 Å². The second kappa shape index (κ2) is 7.40. The molecule has 0 unspecified atom stereocenters. The summed E-state index contributed by atoms with van der Waals surface area (Å²) in [6.45, 7) is 4.38. The smallest absolute Gasteiger partial charge is 0.145 e. The second-order valence-corrected chi connectivity index (χ2v) is 6.87. The Labute approximate surface area is 148 Å². The minimum atomic E-state index is -0.303. The molecular weight excluding hydrogens is 317 g/mol. The molecule has 1 aromatic carbocycles. The third kappa shape index (κ3) is 3.93. The van der Waals surface area contributed by atoms with E-state index in [-0.39, 0.29) is 5.82 Å². The maximum absolute atomic E-state index is 13.2. The zero-order valence-electron chi connectivity index (χ0n) is 14.4. The highest BCUT2D eigenvalue weighted by Crippen LogP contribution is 2.27. The Hall–Kier alpha value is -2.14. The fourth-order valence-electron chi connectivity index (χ4n) is 3.57. The molecule has 4 rings (SSSR count). The summed E-state index contributed by atoms with van der Waals surface area (Å²) in [6, 6.07) is 10.9. The fourth-order valence-corrected chi connectivity index (χ4v) is 3.57. The summed E-state index contributed by atoms with van der Waals surface area (Å²) in [4.78, 5) is 9.55. The molecule has 2 fully saturated rings. The lowest BCUT2D eigenvalue weighted by Gasteiger charge is -2.36. The van der Waals surface area contributed by atoms with Crippen molar-refractivity contribution in [3.05, 3.63) is 48.4 Å². The number of benzene rings is 1. The number of anilines is 1. The number of aromatic nitrogens is 1. The van der Waals surface area contributed by atoms with E-state index in [4.69, 9.17) is 4.74 Å². The molecule has 2 aromatic rings. The lowest BCUT2D eigenvalue weighted by Crippen LogP contribution is -2.42. The Balaban J connectivity index is 1.38. The molecule has 0 N–H and O–H groups in total. The van der Waals surface area contributed by atoms with Crippen molar-refractivity contribution in [1.82, 2.24) is 9.88 Å². The van der Waals surface area contributed by atoms with Gasteiger partial charge in [0.1, 0.15) is 23.1 Å². The van der Waals surface area contributed by atoms with Crippen LogP contribution < -0.4 is 9.64 Å². The molecule has 1 saturated heterocycles. The summed E-state index contributed by atoms with van der Waals surface area (Å²) in [6.07, 6.45) is 7.02. The second-order valence-electron chi connectivity index (χ2n) is 6.87. The molecule has 132 valence electrons. The monoisotopic (exact) mass is 341 g/mol. The van der Waals surface area contributed by atoms with E-state index in [9.17, 15) is 4.39 Å². The molecule has 0 radical (unpaired) electrons. The van der Waals surface area contributed by atoms with Gasteiger partial charge in [0.25, 0.3) is 0 Å². The van der Waals surface area contributed by atoms with Gasteiger partial charge in [0.15, 0.2) is 0 Å². The first kappa shape index (κ1) is 16.3. The van der Waals surface area contributed by atoms with E-state index < -0.39 is 0 Å². The van der Waals surface area contributed by atoms with Crippen LogP contribution in [0.15, 0.2) is 42.6 Å². The quantitative estimate of drug-likeness (QED) is 0.838. The largest absolute Gasteiger partial charge is 0.456 e. The Morgan fingerprint density at radius 2 is 1.88 bits per heavy atom. The molecular formula is C20H24FN3O. The van der Waals surface area contributed by atoms with Crippen molar-refractivity contribution in [2.45, 2.75) is 31.7 Å². The van der Waals surface area contributed by atoms with Gasteiger partial charge in [-0.15, -0.1) is 0 Å². The number of nitrogens with zero attached hydrogens (tertiary/aromatic N) is 3. The van der Waals surface area contributed by atoms with Gasteiger partial charge in [-0.05, 0) is 43.5 Å². The summed E-state index contributed by atoms with van der Waals surface area (Å²) in [5, 5.41) is 0. The number of rotatable bonds is 4. The molecule has 0 bridgehead atoms. The van der Waals surface area contributed by atoms with Crippen LogP contribution in [0.1, 0.15) is 25.7 Å². The average molecular weight is 341 g/mol. The summed E-state index contributed by atoms with van der Waals surface area (Å²) in [7, 11) is 0. The van der Waals surface area contributed by atoms with Crippen LogP contribution in [0, 0.1) is 5.82 Å². The van der Waals surface area contributed by atoms with E-state index in [2.05, 4.69) is 14.8 Å². The molecule has 25 heavy (non-hydrogen) atoms. The van der Waals surface area contributed by atoms with Gasteiger partial charge in [0.05, 0.1) is 6.20 Å². The molecule has 1 aliphatic heterocycles. The van der Waals surface area contributed by atoms with Crippen molar-refractivity contribution >= 4 is 5.82 Å². The molecule has 1 aromatic heterocycles. The molecule has 0 atom stereocenters. The Bertz CT molecular complexity index is 702. The first-order valence-electron chi connectivity index (χ1n) is 9.16. The van der Waals surface area contributed by atoms with E-state index >= 15 is 0 Å². The van der Waals surface area contributed by atoms with E-state index in [1.165, 1.54) is 44.4 Å². The third-order valence-corrected chi connectivity index (χ3v) is 5.20. The van der Waals surface area contributed by atoms with Crippen LogP contribution in [-0.2, 0) is 0 Å². The lowest BCUT2D eigenvalue weighted by molar-refractivity contribution is 0.136. The van der Waals surface area contributed by atoms with Gasteiger partial charge in [-0.1, -0.05) is 12.5 Å². The van der Waals surface area contributed by atoms with E-state index in [0.29, 0.717) is 11.5 Å². The number of halogens is 1. The van der Waals surface area contributed by atoms with Gasteiger partial charge < -0.3 is 9.64 Å². The minimum absolute atomic E-state index is 0.303. The van der Waals surface area contributed by atoms with E-state index in [1.807, 2.05) is 12.1 Å². The fraction of sp³-hybridized carbons (Fsp3) is 0.450. The first-order valence-corrected chi connectivity index (χ1v) is 9.16. The van der Waals surface area contributed by atoms with Gasteiger partial charge in [0, 0.05) is 38.3 Å². The van der Waals surface area contributed by atoms with Crippen molar-refractivity contribution in [1.29, 1.82) is 0 Å². The zero-order chi connectivity index (χ0) is 17.1. The van der Waals surface area contributed by atoms with Gasteiger partial charge in [-0.25, -0.2) is 9.37 Å². The molecule has 1 aliphatic carbocycles. The number of ether oxygens (including phenoxy) is 1. The predicted octanol–water partition coefficient (Wildman–Crippen LogP) is 4.08. The van der Waals surface area contributed by atoms with Crippen molar-refractivity contribution in [2.75, 3.05) is 31.1 Å². The Morgan fingerprint density at radius 1 is 0.960 bits per heavy atom. The Kier molecular flexibility index (Phi) is 4.83. The van der Waals surface area contributed by atoms with E-state index in [0.717, 1.165) is 31.5 Å². The molecule has 0 amide bonds. The van der Waals surface area contributed by atoms with Gasteiger partial charge in [-0.2, -0.15) is 0 Å². The molecule has 2 aliphatic rings. The van der Waals surface area contributed by atoms with Crippen LogP contribution in [0.3, 0.4) is 0 Å². The van der Waals surface area contributed by atoms with Crippen molar-refractivity contribution < 1.29 is 9.13 Å². The lowest BCUT2D eigenvalue weighted by atomic mass is 9.91. The summed E-state index contributed by atoms with van der Waals surface area (Å²) in [5.74, 6) is 1.80. The van der Waals surface area contributed by atoms with Crippen molar-refractivity contribution in [3.63, 3.8) is 0 Å². The predicted molar refractivity (Wildman–Crippen MR) is 96.8 cm³/mol.